The van der Waals surface area contributed by atoms with Gasteiger partial charge in [-0.2, -0.15) is 0 Å². The summed E-state index contributed by atoms with van der Waals surface area (Å²) in [5.41, 5.74) is 0. The lowest BCUT2D eigenvalue weighted by Crippen LogP contribution is -2.08. The second-order valence-electron chi connectivity index (χ2n) is 12.7. The van der Waals surface area contributed by atoms with Crippen LogP contribution in [0.15, 0.2) is 48.6 Å². The van der Waals surface area contributed by atoms with Crippen LogP contribution in [0.1, 0.15) is 195 Å². The van der Waals surface area contributed by atoms with Crippen LogP contribution in [0.3, 0.4) is 0 Å². The Labute approximate surface area is 254 Å². The number of allylic oxidation sites excluding steroid dienone is 8. The number of hydrogen-bond acceptors (Lipinski definition) is 0. The van der Waals surface area contributed by atoms with E-state index in [-0.39, 0.29) is 0 Å². The van der Waals surface area contributed by atoms with Crippen LogP contribution in [0.2, 0.25) is 0 Å². The molecule has 0 aliphatic heterocycles. The summed E-state index contributed by atoms with van der Waals surface area (Å²) in [5, 5.41) is 0. The summed E-state index contributed by atoms with van der Waals surface area (Å²) in [5.74, 6) is 1.65. The Bertz CT molecular complexity index is 527. The molecule has 0 nitrogen and oxygen atoms in total. The zero-order chi connectivity index (χ0) is 29.2. The summed E-state index contributed by atoms with van der Waals surface area (Å²) in [6, 6.07) is 0. The Morgan fingerprint density at radius 1 is 0.325 bits per heavy atom. The lowest BCUT2D eigenvalue weighted by atomic mass is 9.87. The van der Waals surface area contributed by atoms with Gasteiger partial charge in [0.2, 0.25) is 0 Å². The second-order valence-corrected chi connectivity index (χ2v) is 12.7. The molecule has 0 bridgehead atoms. The van der Waals surface area contributed by atoms with Gasteiger partial charge in [0, 0.05) is 0 Å². The monoisotopic (exact) mass is 555 g/mol. The fourth-order valence-corrected chi connectivity index (χ4v) is 5.55. The molecule has 0 fully saturated rings. The summed E-state index contributed by atoms with van der Waals surface area (Å²) in [7, 11) is 0. The first-order valence-corrected chi connectivity index (χ1v) is 18.3. The average Bonchev–Trinajstić information content (AvgIpc) is 2.95. The smallest absolute Gasteiger partial charge is 0.0316 e. The molecule has 0 atom stereocenters. The Morgan fingerprint density at radius 2 is 0.600 bits per heavy atom. The standard InChI is InChI=1S/C40H74/c1-5-7-9-11-13-15-17-19-21-23-25-27-29-31-33-35-37-40(39(3)4)38-36-34-32-30-28-26-24-22-20-18-16-14-12-10-8-6-2/h23-26,31-34,39-40H,5-22,27-30,35-38H2,1-4H3/b25-23+,26-24+,33-31+,34-32+. The molecule has 0 radical (unpaired) electrons. The van der Waals surface area contributed by atoms with Crippen LogP contribution in [0, 0.1) is 11.8 Å². The lowest BCUT2D eigenvalue weighted by molar-refractivity contribution is 0.341. The largest absolute Gasteiger partial charge is 0.0885 e. The fourth-order valence-electron chi connectivity index (χ4n) is 5.55. The van der Waals surface area contributed by atoms with Crippen LogP contribution >= 0.6 is 0 Å². The van der Waals surface area contributed by atoms with E-state index in [4.69, 9.17) is 0 Å². The molecule has 0 N–H and O–H groups in total. The van der Waals surface area contributed by atoms with Crippen LogP contribution in [0.5, 0.6) is 0 Å². The minimum absolute atomic E-state index is 0.792. The molecule has 0 saturated carbocycles. The van der Waals surface area contributed by atoms with Crippen molar-refractivity contribution in [3.8, 4) is 0 Å². The van der Waals surface area contributed by atoms with E-state index in [0.717, 1.165) is 11.8 Å². The Balaban J connectivity index is 3.64. The van der Waals surface area contributed by atoms with Crippen LogP contribution in [-0.2, 0) is 0 Å². The molecule has 0 unspecified atom stereocenters. The number of hydrogen-bond donors (Lipinski definition) is 0. The summed E-state index contributed by atoms with van der Waals surface area (Å²) < 4.78 is 0. The molecule has 0 aromatic rings. The molecule has 0 aromatic carbocycles. The highest BCUT2D eigenvalue weighted by Crippen LogP contribution is 2.23. The van der Waals surface area contributed by atoms with E-state index < -0.39 is 0 Å². The van der Waals surface area contributed by atoms with Crippen molar-refractivity contribution >= 4 is 0 Å². The molecule has 0 aromatic heterocycles. The van der Waals surface area contributed by atoms with E-state index >= 15 is 0 Å². The van der Waals surface area contributed by atoms with Crippen molar-refractivity contribution in [1.82, 2.24) is 0 Å². The fraction of sp³-hybridized carbons (Fsp3) is 0.800. The predicted molar refractivity (Wildman–Crippen MR) is 186 cm³/mol. The third-order valence-electron chi connectivity index (χ3n) is 8.47. The third kappa shape index (κ3) is 31.5. The molecule has 0 spiro atoms. The Kier molecular flexibility index (Phi) is 33.3. The van der Waals surface area contributed by atoms with Gasteiger partial charge in [-0.25, -0.2) is 0 Å². The van der Waals surface area contributed by atoms with E-state index in [1.54, 1.807) is 0 Å². The van der Waals surface area contributed by atoms with Crippen molar-refractivity contribution in [3.05, 3.63) is 48.6 Å². The van der Waals surface area contributed by atoms with Crippen LogP contribution in [0.4, 0.5) is 0 Å². The van der Waals surface area contributed by atoms with Gasteiger partial charge in [0.05, 0.1) is 0 Å². The molecule has 0 heterocycles. The van der Waals surface area contributed by atoms with Gasteiger partial charge in [0.1, 0.15) is 0 Å². The molecule has 0 aliphatic carbocycles. The topological polar surface area (TPSA) is 0 Å². The zero-order valence-electron chi connectivity index (χ0n) is 28.2. The Hall–Kier alpha value is -1.04. The van der Waals surface area contributed by atoms with Gasteiger partial charge in [-0.05, 0) is 88.9 Å². The summed E-state index contributed by atoms with van der Waals surface area (Å²) in [4.78, 5) is 0. The molecular formula is C40H74. The highest BCUT2D eigenvalue weighted by atomic mass is 14.2. The van der Waals surface area contributed by atoms with Crippen molar-refractivity contribution in [2.45, 2.75) is 195 Å². The third-order valence-corrected chi connectivity index (χ3v) is 8.47. The second kappa shape index (κ2) is 34.2. The minimum atomic E-state index is 0.792. The first-order chi connectivity index (χ1) is 19.7. The number of rotatable bonds is 31. The summed E-state index contributed by atoms with van der Waals surface area (Å²) >= 11 is 0. The minimum Gasteiger partial charge on any atom is -0.0885 e. The van der Waals surface area contributed by atoms with E-state index in [1.165, 1.54) is 167 Å². The van der Waals surface area contributed by atoms with Crippen molar-refractivity contribution < 1.29 is 0 Å². The zero-order valence-corrected chi connectivity index (χ0v) is 28.2. The maximum absolute atomic E-state index is 2.44. The molecule has 0 rings (SSSR count). The predicted octanol–water partition coefficient (Wildman–Crippen LogP) is 14.7. The van der Waals surface area contributed by atoms with Crippen LogP contribution < -0.4 is 0 Å². The SMILES string of the molecule is CCCCCCCCCC/C=C/CC/C=C/CCC(CC/C=C/CC/C=C/CCCCCCCCCC)C(C)C. The van der Waals surface area contributed by atoms with Gasteiger partial charge in [-0.15, -0.1) is 0 Å². The van der Waals surface area contributed by atoms with Gasteiger partial charge >= 0.3 is 0 Å². The molecule has 0 saturated heterocycles. The van der Waals surface area contributed by atoms with Crippen molar-refractivity contribution in [3.63, 3.8) is 0 Å². The van der Waals surface area contributed by atoms with Gasteiger partial charge < -0.3 is 0 Å². The maximum atomic E-state index is 2.44. The highest BCUT2D eigenvalue weighted by molar-refractivity contribution is 4.90. The van der Waals surface area contributed by atoms with Gasteiger partial charge in [0.25, 0.3) is 0 Å². The van der Waals surface area contributed by atoms with Crippen LogP contribution in [0.25, 0.3) is 0 Å². The van der Waals surface area contributed by atoms with E-state index in [9.17, 15) is 0 Å². The van der Waals surface area contributed by atoms with E-state index in [0.29, 0.717) is 0 Å². The molecule has 0 amide bonds. The van der Waals surface area contributed by atoms with Gasteiger partial charge in [-0.1, -0.05) is 166 Å². The Morgan fingerprint density at radius 3 is 0.925 bits per heavy atom. The normalized spacial score (nSPS) is 12.7. The van der Waals surface area contributed by atoms with E-state index in [1.807, 2.05) is 0 Å². The molecule has 0 heteroatoms. The average molecular weight is 555 g/mol. The molecular weight excluding hydrogens is 480 g/mol. The van der Waals surface area contributed by atoms with Crippen molar-refractivity contribution in [1.29, 1.82) is 0 Å². The summed E-state index contributed by atoms with van der Waals surface area (Å²) in [6.07, 6.45) is 54.6. The summed E-state index contributed by atoms with van der Waals surface area (Å²) in [6.45, 7) is 9.41. The lowest BCUT2D eigenvalue weighted by Gasteiger charge is -2.19. The van der Waals surface area contributed by atoms with Crippen molar-refractivity contribution in [2.24, 2.45) is 11.8 Å². The molecule has 234 valence electrons. The number of unbranched alkanes of at least 4 members (excludes halogenated alkanes) is 18. The molecule has 40 heavy (non-hydrogen) atoms. The molecule has 0 aliphatic rings. The van der Waals surface area contributed by atoms with Gasteiger partial charge in [0.15, 0.2) is 0 Å². The van der Waals surface area contributed by atoms with Crippen molar-refractivity contribution in [2.75, 3.05) is 0 Å². The van der Waals surface area contributed by atoms with E-state index in [2.05, 4.69) is 76.3 Å². The quantitative estimate of drug-likeness (QED) is 0.0590. The maximum Gasteiger partial charge on any atom is -0.0316 e. The highest BCUT2D eigenvalue weighted by Gasteiger charge is 2.11. The first kappa shape index (κ1) is 39.0. The first-order valence-electron chi connectivity index (χ1n) is 18.3. The van der Waals surface area contributed by atoms with Gasteiger partial charge in [-0.3, -0.25) is 0 Å². The van der Waals surface area contributed by atoms with Crippen LogP contribution in [-0.4, -0.2) is 0 Å².